The maximum Gasteiger partial charge on any atom is 0.503 e. The zero-order valence-electron chi connectivity index (χ0n) is 23.1. The monoisotopic (exact) mass is 532 g/mol. The molecule has 1 aliphatic heterocycles. The van der Waals surface area contributed by atoms with Crippen LogP contribution in [0.15, 0.2) is 78.9 Å². The molecule has 0 spiro atoms. The molecule has 0 aromatic heterocycles. The summed E-state index contributed by atoms with van der Waals surface area (Å²) < 4.78 is 5.27. The fourth-order valence-electron chi connectivity index (χ4n) is 5.05. The Morgan fingerprint density at radius 3 is 2.13 bits per heavy atom. The minimum atomic E-state index is -1.83. The second-order valence-corrected chi connectivity index (χ2v) is 10.5. The number of nitrogens with one attached hydrogen (secondary N) is 1. The van der Waals surface area contributed by atoms with Crippen LogP contribution in [-0.4, -0.2) is 60.0 Å². The smallest absolute Gasteiger partial charge is 0.497 e. The van der Waals surface area contributed by atoms with E-state index in [-0.39, 0.29) is 17.4 Å². The van der Waals surface area contributed by atoms with Gasteiger partial charge in [0.1, 0.15) is 5.75 Å². The van der Waals surface area contributed by atoms with Gasteiger partial charge >= 0.3 is 6.16 Å². The van der Waals surface area contributed by atoms with Crippen molar-refractivity contribution in [2.24, 2.45) is 0 Å². The van der Waals surface area contributed by atoms with Crippen LogP contribution in [0.1, 0.15) is 55.5 Å². The number of hydrogen-bond acceptors (Lipinski definition) is 4. The quantitative estimate of drug-likeness (QED) is 0.290. The number of hydrogen-bond donors (Lipinski definition) is 3. The number of carbonyl (C=O) groups excluding carboxylic acids is 1. The number of piperidine rings is 1. The Kier molecular flexibility index (Phi) is 10.9. The molecule has 4 rings (SSSR count). The topological polar surface area (TPSA) is 99.1 Å². The van der Waals surface area contributed by atoms with Crippen LogP contribution in [0.4, 0.5) is 4.79 Å². The van der Waals surface area contributed by atoms with E-state index in [1.165, 1.54) is 18.4 Å². The molecule has 0 bridgehead atoms. The van der Waals surface area contributed by atoms with Gasteiger partial charge in [0.15, 0.2) is 0 Å². The molecule has 7 heteroatoms. The first-order valence-corrected chi connectivity index (χ1v) is 13.4. The Balaban J connectivity index is 0.000000983. The van der Waals surface area contributed by atoms with E-state index in [1.807, 2.05) is 48.5 Å². The van der Waals surface area contributed by atoms with Crippen LogP contribution in [0.2, 0.25) is 0 Å². The first-order chi connectivity index (χ1) is 18.7. The molecule has 3 aromatic rings. The van der Waals surface area contributed by atoms with Gasteiger partial charge in [-0.3, -0.25) is 4.79 Å². The summed E-state index contributed by atoms with van der Waals surface area (Å²) in [7, 11) is 1.66. The summed E-state index contributed by atoms with van der Waals surface area (Å²) in [6.07, 6.45) is 2.53. The summed E-state index contributed by atoms with van der Waals surface area (Å²) in [6, 6.07) is 26.7. The molecule has 0 radical (unpaired) electrons. The van der Waals surface area contributed by atoms with Gasteiger partial charge in [0, 0.05) is 24.7 Å². The first-order valence-electron chi connectivity index (χ1n) is 13.4. The predicted molar refractivity (Wildman–Crippen MR) is 155 cm³/mol. The number of carbonyl (C=O) groups is 2. The minimum absolute atomic E-state index is 0.0134. The lowest BCUT2D eigenvalue weighted by Crippen LogP contribution is -2.45. The maximum absolute atomic E-state index is 13.2. The number of rotatable bonds is 9. The predicted octanol–water partition coefficient (Wildman–Crippen LogP) is 6.54. The molecule has 0 unspecified atom stereocenters. The molecule has 3 aromatic carbocycles. The minimum Gasteiger partial charge on any atom is -0.497 e. The van der Waals surface area contributed by atoms with Crippen LogP contribution in [0.5, 0.6) is 5.75 Å². The van der Waals surface area contributed by atoms with Crippen molar-refractivity contribution in [1.29, 1.82) is 0 Å². The third-order valence-corrected chi connectivity index (χ3v) is 7.33. The van der Waals surface area contributed by atoms with Crippen molar-refractivity contribution < 1.29 is 24.5 Å². The Labute approximate surface area is 231 Å². The molecule has 0 atom stereocenters. The van der Waals surface area contributed by atoms with Crippen molar-refractivity contribution in [1.82, 2.24) is 10.2 Å². The van der Waals surface area contributed by atoms with E-state index in [1.54, 1.807) is 7.11 Å². The van der Waals surface area contributed by atoms with E-state index in [0.29, 0.717) is 0 Å². The first kappa shape index (κ1) is 29.7. The lowest BCUT2D eigenvalue weighted by Gasteiger charge is -2.33. The van der Waals surface area contributed by atoms with Crippen molar-refractivity contribution in [3.8, 4) is 16.9 Å². The largest absolute Gasteiger partial charge is 0.503 e. The van der Waals surface area contributed by atoms with E-state index in [2.05, 4.69) is 54.4 Å². The Morgan fingerprint density at radius 2 is 1.51 bits per heavy atom. The van der Waals surface area contributed by atoms with Crippen LogP contribution in [0.3, 0.4) is 0 Å². The van der Waals surface area contributed by atoms with Gasteiger partial charge < -0.3 is 25.2 Å². The van der Waals surface area contributed by atoms with Gasteiger partial charge in [0.2, 0.25) is 0 Å². The summed E-state index contributed by atoms with van der Waals surface area (Å²) in [5.41, 5.74) is 4.31. The summed E-state index contributed by atoms with van der Waals surface area (Å²) >= 11 is 0. The lowest BCUT2D eigenvalue weighted by molar-refractivity contribution is 0.0910. The van der Waals surface area contributed by atoms with Crippen molar-refractivity contribution in [3.63, 3.8) is 0 Å². The van der Waals surface area contributed by atoms with E-state index >= 15 is 0 Å². The van der Waals surface area contributed by atoms with Crippen LogP contribution in [-0.2, 0) is 5.41 Å². The highest BCUT2D eigenvalue weighted by Crippen LogP contribution is 2.29. The van der Waals surface area contributed by atoms with Crippen molar-refractivity contribution in [2.45, 2.75) is 51.0 Å². The number of ether oxygens (including phenoxy) is 1. The Bertz CT molecular complexity index is 1180. The van der Waals surface area contributed by atoms with Crippen molar-refractivity contribution in [2.75, 3.05) is 26.7 Å². The molecule has 208 valence electrons. The molecule has 3 N–H and O–H groups in total. The second kappa shape index (κ2) is 14.4. The third kappa shape index (κ3) is 9.14. The van der Waals surface area contributed by atoms with E-state index < -0.39 is 6.16 Å². The number of carboxylic acid groups (broad SMARTS) is 2. The lowest BCUT2D eigenvalue weighted by atomic mass is 9.80. The molecule has 1 heterocycles. The van der Waals surface area contributed by atoms with Crippen molar-refractivity contribution >= 4 is 12.1 Å². The average Bonchev–Trinajstić information content (AvgIpc) is 2.94. The van der Waals surface area contributed by atoms with Gasteiger partial charge in [-0.15, -0.1) is 0 Å². The summed E-state index contributed by atoms with van der Waals surface area (Å²) in [5.74, 6) is 0.825. The van der Waals surface area contributed by atoms with E-state index in [4.69, 9.17) is 19.7 Å². The number of nitrogens with zero attached hydrogens (tertiary/aromatic N) is 1. The summed E-state index contributed by atoms with van der Waals surface area (Å²) in [5, 5.41) is 17.2. The van der Waals surface area contributed by atoms with Gasteiger partial charge in [-0.1, -0.05) is 74.5 Å². The highest BCUT2D eigenvalue weighted by Gasteiger charge is 2.24. The molecule has 1 fully saturated rings. The fourth-order valence-corrected chi connectivity index (χ4v) is 5.05. The fraction of sp³-hybridized carbons (Fsp3) is 0.375. The number of benzene rings is 3. The molecule has 1 saturated heterocycles. The third-order valence-electron chi connectivity index (χ3n) is 7.33. The Morgan fingerprint density at radius 1 is 0.923 bits per heavy atom. The molecule has 1 amide bonds. The Hall–Kier alpha value is -3.84. The number of methoxy groups -OCH3 is 1. The van der Waals surface area contributed by atoms with E-state index in [9.17, 15) is 4.79 Å². The van der Waals surface area contributed by atoms with Crippen LogP contribution in [0.25, 0.3) is 11.1 Å². The second-order valence-electron chi connectivity index (χ2n) is 10.5. The van der Waals surface area contributed by atoms with Gasteiger partial charge in [0.25, 0.3) is 5.91 Å². The average molecular weight is 533 g/mol. The molecule has 0 saturated carbocycles. The van der Waals surface area contributed by atoms with Crippen molar-refractivity contribution in [3.05, 3.63) is 90.0 Å². The zero-order valence-corrected chi connectivity index (χ0v) is 23.1. The van der Waals surface area contributed by atoms with Gasteiger partial charge in [-0.2, -0.15) is 0 Å². The number of amides is 1. The molecular formula is C32H40N2O5. The van der Waals surface area contributed by atoms with Crippen LogP contribution < -0.4 is 10.1 Å². The van der Waals surface area contributed by atoms with Crippen LogP contribution in [0, 0.1) is 0 Å². The van der Waals surface area contributed by atoms with Gasteiger partial charge in [0.05, 0.1) is 7.11 Å². The van der Waals surface area contributed by atoms with E-state index in [0.717, 1.165) is 54.9 Å². The SMILES string of the molecule is COc1ccc(-c2ccccc2C(=O)NC2CCN(CCCC(C)(C)c3ccccc3)CC2)cc1.O=C(O)O. The number of likely N-dealkylation sites (tertiary alicyclic amines) is 1. The standard InChI is InChI=1S/C31H38N2O2.CH2O3/c1-31(2,25-10-5-4-6-11-25)20-9-21-33-22-18-26(19-23-33)32-30(34)29-13-8-7-12-28(29)24-14-16-27(35-3)17-15-24;2-1(3)4/h4-8,10-17,26H,9,18-23H2,1-3H3,(H,32,34);(H2,2,3,4). The highest BCUT2D eigenvalue weighted by atomic mass is 16.6. The molecule has 0 aliphatic carbocycles. The molecule has 7 nitrogen and oxygen atoms in total. The highest BCUT2D eigenvalue weighted by molar-refractivity contribution is 6.01. The zero-order chi connectivity index (χ0) is 28.3. The van der Waals surface area contributed by atoms with Crippen LogP contribution >= 0.6 is 0 Å². The molecule has 1 aliphatic rings. The maximum atomic E-state index is 13.2. The normalized spacial score (nSPS) is 14.1. The summed E-state index contributed by atoms with van der Waals surface area (Å²) in [4.78, 5) is 24.3. The summed E-state index contributed by atoms with van der Waals surface area (Å²) in [6.45, 7) is 7.88. The molecular weight excluding hydrogens is 492 g/mol. The molecule has 39 heavy (non-hydrogen) atoms. The van der Waals surface area contributed by atoms with Gasteiger partial charge in [-0.25, -0.2) is 4.79 Å². The van der Waals surface area contributed by atoms with Gasteiger partial charge in [-0.05, 0) is 72.5 Å².